The number of methoxy groups -OCH3 is 1. The summed E-state index contributed by atoms with van der Waals surface area (Å²) in [4.78, 5) is 6.81. The Hall–Kier alpha value is -1.02. The molecule has 0 spiro atoms. The minimum atomic E-state index is 0. The summed E-state index contributed by atoms with van der Waals surface area (Å²) in [6.45, 7) is 5.37. The maximum Gasteiger partial charge on any atom is 0.191 e. The molecule has 1 saturated heterocycles. The summed E-state index contributed by atoms with van der Waals surface area (Å²) < 4.78 is 5.25. The van der Waals surface area contributed by atoms with Crippen LogP contribution in [0.3, 0.4) is 0 Å². The van der Waals surface area contributed by atoms with E-state index in [2.05, 4.69) is 32.7 Å². The van der Waals surface area contributed by atoms with Crippen LogP contribution < -0.4 is 15.4 Å². The molecule has 2 rings (SSSR count). The highest BCUT2D eigenvalue weighted by Gasteiger charge is 2.09. The first-order chi connectivity index (χ1) is 11.3. The molecule has 1 heterocycles. The van der Waals surface area contributed by atoms with E-state index in [1.165, 1.54) is 37.9 Å². The van der Waals surface area contributed by atoms with Gasteiger partial charge in [0.05, 0.1) is 7.11 Å². The van der Waals surface area contributed by atoms with Gasteiger partial charge in [-0.15, -0.1) is 24.0 Å². The molecule has 0 aliphatic carbocycles. The van der Waals surface area contributed by atoms with Gasteiger partial charge in [0.15, 0.2) is 5.96 Å². The molecule has 0 saturated carbocycles. The number of nitrogens with zero attached hydrogens (tertiary/aromatic N) is 2. The van der Waals surface area contributed by atoms with Crippen molar-refractivity contribution in [1.82, 2.24) is 15.5 Å². The average Bonchev–Trinajstić information content (AvgIpc) is 2.61. The predicted octanol–water partition coefficient (Wildman–Crippen LogP) is 2.51. The summed E-state index contributed by atoms with van der Waals surface area (Å²) in [6.07, 6.45) is 5.02. The van der Waals surface area contributed by atoms with E-state index in [0.717, 1.165) is 37.8 Å². The van der Waals surface area contributed by atoms with Crippen LogP contribution in [0.1, 0.15) is 24.8 Å². The van der Waals surface area contributed by atoms with Gasteiger partial charge in [0.25, 0.3) is 0 Å². The smallest absolute Gasteiger partial charge is 0.191 e. The van der Waals surface area contributed by atoms with Gasteiger partial charge in [-0.2, -0.15) is 0 Å². The van der Waals surface area contributed by atoms with Crippen molar-refractivity contribution in [3.8, 4) is 5.75 Å². The number of piperidine rings is 1. The number of guanidine groups is 1. The van der Waals surface area contributed by atoms with Crippen LogP contribution >= 0.6 is 24.0 Å². The first-order valence-corrected chi connectivity index (χ1v) is 8.61. The maximum absolute atomic E-state index is 5.25. The monoisotopic (exact) mass is 446 g/mol. The van der Waals surface area contributed by atoms with E-state index in [1.54, 1.807) is 7.11 Å². The SMILES string of the molecule is CN=C(NCCc1cccc(OC)c1)NCCN1CCCCC1.I. The van der Waals surface area contributed by atoms with Gasteiger partial charge in [-0.25, -0.2) is 0 Å². The molecule has 1 aromatic carbocycles. The summed E-state index contributed by atoms with van der Waals surface area (Å²) in [5, 5.41) is 6.77. The van der Waals surface area contributed by atoms with Crippen LogP contribution in [-0.2, 0) is 6.42 Å². The number of rotatable bonds is 7. The summed E-state index contributed by atoms with van der Waals surface area (Å²) in [5.41, 5.74) is 1.26. The molecule has 136 valence electrons. The molecule has 1 aliphatic rings. The molecule has 1 fully saturated rings. The molecule has 2 N–H and O–H groups in total. The lowest BCUT2D eigenvalue weighted by Gasteiger charge is -2.26. The Kier molecular flexibility index (Phi) is 10.8. The third kappa shape index (κ3) is 7.70. The molecule has 0 radical (unpaired) electrons. The predicted molar refractivity (Wildman–Crippen MR) is 112 cm³/mol. The molecule has 5 nitrogen and oxygen atoms in total. The summed E-state index contributed by atoms with van der Waals surface area (Å²) >= 11 is 0. The van der Waals surface area contributed by atoms with E-state index in [-0.39, 0.29) is 24.0 Å². The van der Waals surface area contributed by atoms with Crippen LogP contribution in [0, 0.1) is 0 Å². The van der Waals surface area contributed by atoms with Crippen molar-refractivity contribution in [3.05, 3.63) is 29.8 Å². The van der Waals surface area contributed by atoms with Gasteiger partial charge >= 0.3 is 0 Å². The van der Waals surface area contributed by atoms with Crippen molar-refractivity contribution in [2.45, 2.75) is 25.7 Å². The number of likely N-dealkylation sites (tertiary alicyclic amines) is 1. The number of nitrogens with one attached hydrogen (secondary N) is 2. The first kappa shape index (κ1) is 21.0. The van der Waals surface area contributed by atoms with Crippen LogP contribution in [0.2, 0.25) is 0 Å². The normalized spacial score (nSPS) is 15.5. The van der Waals surface area contributed by atoms with Crippen molar-refractivity contribution in [2.24, 2.45) is 4.99 Å². The van der Waals surface area contributed by atoms with Crippen molar-refractivity contribution in [3.63, 3.8) is 0 Å². The summed E-state index contributed by atoms with van der Waals surface area (Å²) in [5.74, 6) is 1.79. The van der Waals surface area contributed by atoms with Crippen LogP contribution in [0.4, 0.5) is 0 Å². The lowest BCUT2D eigenvalue weighted by atomic mass is 10.1. The number of hydrogen-bond acceptors (Lipinski definition) is 3. The topological polar surface area (TPSA) is 48.9 Å². The van der Waals surface area contributed by atoms with E-state index in [1.807, 2.05) is 19.2 Å². The second kappa shape index (κ2) is 12.4. The third-order valence-electron chi connectivity index (χ3n) is 4.23. The third-order valence-corrected chi connectivity index (χ3v) is 4.23. The number of aliphatic imine (C=N–C) groups is 1. The average molecular weight is 446 g/mol. The fraction of sp³-hybridized carbons (Fsp3) is 0.611. The fourth-order valence-electron chi connectivity index (χ4n) is 2.89. The molecular weight excluding hydrogens is 415 g/mol. The Balaban J connectivity index is 0.00000288. The van der Waals surface area contributed by atoms with Gasteiger partial charge in [-0.3, -0.25) is 4.99 Å². The molecule has 0 bridgehead atoms. The minimum Gasteiger partial charge on any atom is -0.497 e. The molecule has 0 aromatic heterocycles. The van der Waals surface area contributed by atoms with Gasteiger partial charge in [-0.1, -0.05) is 18.6 Å². The Morgan fingerprint density at radius 1 is 1.17 bits per heavy atom. The molecule has 0 atom stereocenters. The molecule has 0 unspecified atom stereocenters. The molecular formula is C18H31IN4O. The Morgan fingerprint density at radius 3 is 2.62 bits per heavy atom. The van der Waals surface area contributed by atoms with Crippen molar-refractivity contribution in [1.29, 1.82) is 0 Å². The van der Waals surface area contributed by atoms with E-state index in [9.17, 15) is 0 Å². The zero-order valence-corrected chi connectivity index (χ0v) is 17.2. The number of benzene rings is 1. The highest BCUT2D eigenvalue weighted by molar-refractivity contribution is 14.0. The second-order valence-electron chi connectivity index (χ2n) is 5.93. The highest BCUT2D eigenvalue weighted by atomic mass is 127. The Bertz CT molecular complexity index is 490. The van der Waals surface area contributed by atoms with Gasteiger partial charge in [0.2, 0.25) is 0 Å². The zero-order chi connectivity index (χ0) is 16.3. The molecule has 1 aliphatic heterocycles. The van der Waals surface area contributed by atoms with Gasteiger partial charge < -0.3 is 20.3 Å². The lowest BCUT2D eigenvalue weighted by Crippen LogP contribution is -2.43. The van der Waals surface area contributed by atoms with E-state index in [0.29, 0.717) is 0 Å². The van der Waals surface area contributed by atoms with E-state index < -0.39 is 0 Å². The largest absolute Gasteiger partial charge is 0.497 e. The standard InChI is InChI=1S/C18H30N4O.HI/c1-19-18(21-11-14-22-12-4-3-5-13-22)20-10-9-16-7-6-8-17(15-16)23-2;/h6-8,15H,3-5,9-14H2,1-2H3,(H2,19,20,21);1H. The molecule has 0 amide bonds. The number of halogens is 1. The van der Waals surface area contributed by atoms with Gasteiger partial charge in [0, 0.05) is 26.7 Å². The second-order valence-corrected chi connectivity index (χ2v) is 5.93. The summed E-state index contributed by atoms with van der Waals surface area (Å²) in [7, 11) is 3.52. The van der Waals surface area contributed by atoms with E-state index >= 15 is 0 Å². The van der Waals surface area contributed by atoms with Crippen LogP contribution in [0.5, 0.6) is 5.75 Å². The molecule has 24 heavy (non-hydrogen) atoms. The highest BCUT2D eigenvalue weighted by Crippen LogP contribution is 2.12. The number of hydrogen-bond donors (Lipinski definition) is 2. The Morgan fingerprint density at radius 2 is 1.92 bits per heavy atom. The fourth-order valence-corrected chi connectivity index (χ4v) is 2.89. The minimum absolute atomic E-state index is 0. The molecule has 1 aromatic rings. The lowest BCUT2D eigenvalue weighted by molar-refractivity contribution is 0.232. The van der Waals surface area contributed by atoms with Gasteiger partial charge in [-0.05, 0) is 50.0 Å². The first-order valence-electron chi connectivity index (χ1n) is 8.61. The van der Waals surface area contributed by atoms with Crippen molar-refractivity contribution < 1.29 is 4.74 Å². The maximum atomic E-state index is 5.25. The van der Waals surface area contributed by atoms with Gasteiger partial charge in [0.1, 0.15) is 5.75 Å². The zero-order valence-electron chi connectivity index (χ0n) is 14.9. The van der Waals surface area contributed by atoms with Crippen LogP contribution in [-0.4, -0.2) is 57.7 Å². The van der Waals surface area contributed by atoms with Crippen LogP contribution in [0.15, 0.2) is 29.3 Å². The van der Waals surface area contributed by atoms with Crippen molar-refractivity contribution in [2.75, 3.05) is 46.9 Å². The van der Waals surface area contributed by atoms with Crippen LogP contribution in [0.25, 0.3) is 0 Å². The Labute approximate surface area is 163 Å². The van der Waals surface area contributed by atoms with Crippen molar-refractivity contribution >= 4 is 29.9 Å². The molecule has 6 heteroatoms. The quantitative estimate of drug-likeness (QED) is 0.384. The summed E-state index contributed by atoms with van der Waals surface area (Å²) in [6, 6.07) is 8.20. The van der Waals surface area contributed by atoms with E-state index in [4.69, 9.17) is 4.74 Å². The number of ether oxygens (including phenoxy) is 1.